The molecule has 0 radical (unpaired) electrons. The van der Waals surface area contributed by atoms with E-state index in [0.29, 0.717) is 5.92 Å². The number of piperidine rings is 1. The Morgan fingerprint density at radius 2 is 2.25 bits per heavy atom. The fourth-order valence-electron chi connectivity index (χ4n) is 2.86. The highest BCUT2D eigenvalue weighted by atomic mass is 79.9. The number of fused-ring (bicyclic) bond motifs is 1. The van der Waals surface area contributed by atoms with Crippen molar-refractivity contribution in [1.29, 1.82) is 0 Å². The summed E-state index contributed by atoms with van der Waals surface area (Å²) in [5.41, 5.74) is 0.820. The molecule has 0 amide bonds. The minimum atomic E-state index is -0.285. The first-order valence-corrected chi connectivity index (χ1v) is 7.63. The van der Waals surface area contributed by atoms with E-state index in [1.54, 1.807) is 11.0 Å². The molecule has 3 rings (SSSR count). The van der Waals surface area contributed by atoms with Crippen LogP contribution in [-0.2, 0) is 7.05 Å². The van der Waals surface area contributed by atoms with Crippen molar-refractivity contribution >= 4 is 32.8 Å². The van der Waals surface area contributed by atoms with Gasteiger partial charge in [0.1, 0.15) is 16.7 Å². The highest BCUT2D eigenvalue weighted by molar-refractivity contribution is 9.10. The Bertz CT molecular complexity index is 626. The Balaban J connectivity index is 2.01. The number of aromatic nitrogens is 4. The SMILES string of the molecule is CC(O)C1CCCN(c2ncnc3c2c(Br)nn3C)C1. The van der Waals surface area contributed by atoms with Gasteiger partial charge in [-0.3, -0.25) is 0 Å². The molecule has 1 saturated heterocycles. The minimum Gasteiger partial charge on any atom is -0.393 e. The molecule has 1 N–H and O–H groups in total. The predicted octanol–water partition coefficient (Wildman–Crippen LogP) is 1.72. The molecule has 1 fully saturated rings. The van der Waals surface area contributed by atoms with Gasteiger partial charge in [-0.25, -0.2) is 14.6 Å². The molecule has 108 valence electrons. The molecule has 0 bridgehead atoms. The summed E-state index contributed by atoms with van der Waals surface area (Å²) >= 11 is 3.49. The summed E-state index contributed by atoms with van der Waals surface area (Å²) in [6, 6.07) is 0. The summed E-state index contributed by atoms with van der Waals surface area (Å²) in [7, 11) is 1.87. The maximum atomic E-state index is 9.83. The molecule has 0 aromatic carbocycles. The molecule has 2 aromatic heterocycles. The van der Waals surface area contributed by atoms with Crippen molar-refractivity contribution in [2.24, 2.45) is 13.0 Å². The number of hydrogen-bond donors (Lipinski definition) is 1. The van der Waals surface area contributed by atoms with Gasteiger partial charge in [-0.1, -0.05) is 0 Å². The summed E-state index contributed by atoms with van der Waals surface area (Å²) in [5, 5.41) is 15.1. The molecule has 7 heteroatoms. The van der Waals surface area contributed by atoms with E-state index in [1.807, 2.05) is 14.0 Å². The molecule has 1 aliphatic heterocycles. The third kappa shape index (κ3) is 2.29. The normalized spacial score (nSPS) is 21.4. The fourth-order valence-corrected chi connectivity index (χ4v) is 3.45. The Kier molecular flexibility index (Phi) is 3.64. The van der Waals surface area contributed by atoms with Gasteiger partial charge in [0.25, 0.3) is 0 Å². The van der Waals surface area contributed by atoms with Crippen LogP contribution in [0.1, 0.15) is 19.8 Å². The Morgan fingerprint density at radius 3 is 3.00 bits per heavy atom. The fraction of sp³-hybridized carbons (Fsp3) is 0.615. The Labute approximate surface area is 125 Å². The lowest BCUT2D eigenvalue weighted by Crippen LogP contribution is -2.40. The maximum absolute atomic E-state index is 9.83. The molecule has 1 aliphatic rings. The topological polar surface area (TPSA) is 67.1 Å². The summed E-state index contributed by atoms with van der Waals surface area (Å²) in [6.45, 7) is 3.64. The first-order chi connectivity index (χ1) is 9.58. The first kappa shape index (κ1) is 13.8. The van der Waals surface area contributed by atoms with E-state index in [0.717, 1.165) is 47.4 Å². The molecule has 3 heterocycles. The van der Waals surface area contributed by atoms with Crippen LogP contribution in [0, 0.1) is 5.92 Å². The van der Waals surface area contributed by atoms with Crippen molar-refractivity contribution < 1.29 is 5.11 Å². The van der Waals surface area contributed by atoms with Crippen LogP contribution in [0.2, 0.25) is 0 Å². The zero-order valence-electron chi connectivity index (χ0n) is 11.6. The summed E-state index contributed by atoms with van der Waals surface area (Å²) in [5.74, 6) is 1.20. The lowest BCUT2D eigenvalue weighted by Gasteiger charge is -2.35. The van der Waals surface area contributed by atoms with Gasteiger partial charge in [0.15, 0.2) is 5.65 Å². The van der Waals surface area contributed by atoms with Crippen LogP contribution >= 0.6 is 15.9 Å². The molecule has 6 nitrogen and oxygen atoms in total. The summed E-state index contributed by atoms with van der Waals surface area (Å²) < 4.78 is 2.52. The number of halogens is 1. The van der Waals surface area contributed by atoms with Crippen molar-refractivity contribution in [3.63, 3.8) is 0 Å². The van der Waals surface area contributed by atoms with E-state index in [1.165, 1.54) is 0 Å². The zero-order chi connectivity index (χ0) is 14.3. The molecule has 20 heavy (non-hydrogen) atoms. The van der Waals surface area contributed by atoms with Gasteiger partial charge >= 0.3 is 0 Å². The number of aryl methyl sites for hydroxylation is 1. The lowest BCUT2D eigenvalue weighted by molar-refractivity contribution is 0.115. The monoisotopic (exact) mass is 339 g/mol. The van der Waals surface area contributed by atoms with Gasteiger partial charge in [0.2, 0.25) is 0 Å². The molecule has 0 aliphatic carbocycles. The van der Waals surface area contributed by atoms with Crippen LogP contribution in [0.5, 0.6) is 0 Å². The van der Waals surface area contributed by atoms with Crippen molar-refractivity contribution in [1.82, 2.24) is 19.7 Å². The number of anilines is 1. The average Bonchev–Trinajstić information content (AvgIpc) is 2.74. The Morgan fingerprint density at radius 1 is 1.45 bits per heavy atom. The predicted molar refractivity (Wildman–Crippen MR) is 80.6 cm³/mol. The minimum absolute atomic E-state index is 0.285. The van der Waals surface area contributed by atoms with Gasteiger partial charge in [0.05, 0.1) is 11.5 Å². The second kappa shape index (κ2) is 5.29. The van der Waals surface area contributed by atoms with Crippen molar-refractivity contribution in [2.75, 3.05) is 18.0 Å². The van der Waals surface area contributed by atoms with E-state index in [2.05, 4.69) is 35.9 Å². The van der Waals surface area contributed by atoms with Crippen molar-refractivity contribution in [3.8, 4) is 0 Å². The van der Waals surface area contributed by atoms with E-state index in [9.17, 15) is 5.11 Å². The average molecular weight is 340 g/mol. The number of nitrogens with zero attached hydrogens (tertiary/aromatic N) is 5. The van der Waals surface area contributed by atoms with Crippen LogP contribution in [0.15, 0.2) is 10.9 Å². The zero-order valence-corrected chi connectivity index (χ0v) is 13.2. The molecule has 2 atom stereocenters. The largest absolute Gasteiger partial charge is 0.393 e. The third-order valence-electron chi connectivity index (χ3n) is 4.00. The van der Waals surface area contributed by atoms with E-state index >= 15 is 0 Å². The lowest BCUT2D eigenvalue weighted by atomic mass is 9.93. The molecule has 2 aromatic rings. The second-order valence-electron chi connectivity index (χ2n) is 5.40. The van der Waals surface area contributed by atoms with Crippen LogP contribution in [0.4, 0.5) is 5.82 Å². The van der Waals surface area contributed by atoms with Crippen molar-refractivity contribution in [2.45, 2.75) is 25.9 Å². The molecule has 0 spiro atoms. The quantitative estimate of drug-likeness (QED) is 0.902. The Hall–Kier alpha value is -1.21. The molecular formula is C13H18BrN5O. The van der Waals surface area contributed by atoms with Gasteiger partial charge in [0, 0.05) is 26.1 Å². The van der Waals surface area contributed by atoms with E-state index in [4.69, 9.17) is 0 Å². The van der Waals surface area contributed by atoms with Crippen LogP contribution in [-0.4, -0.2) is 44.0 Å². The van der Waals surface area contributed by atoms with Gasteiger partial charge in [-0.05, 0) is 35.7 Å². The maximum Gasteiger partial charge on any atom is 0.164 e. The highest BCUT2D eigenvalue weighted by Gasteiger charge is 2.26. The first-order valence-electron chi connectivity index (χ1n) is 6.84. The number of aliphatic hydroxyl groups excluding tert-OH is 1. The van der Waals surface area contributed by atoms with Crippen LogP contribution in [0.25, 0.3) is 11.0 Å². The van der Waals surface area contributed by atoms with Crippen molar-refractivity contribution in [3.05, 3.63) is 10.9 Å². The number of aliphatic hydroxyl groups is 1. The van der Waals surface area contributed by atoms with E-state index < -0.39 is 0 Å². The molecular weight excluding hydrogens is 322 g/mol. The van der Waals surface area contributed by atoms with E-state index in [-0.39, 0.29) is 6.10 Å². The second-order valence-corrected chi connectivity index (χ2v) is 6.15. The van der Waals surface area contributed by atoms with Gasteiger partial charge in [-0.15, -0.1) is 0 Å². The smallest absolute Gasteiger partial charge is 0.164 e. The summed E-state index contributed by atoms with van der Waals surface area (Å²) in [4.78, 5) is 11.0. The van der Waals surface area contributed by atoms with Gasteiger partial charge in [-0.2, -0.15) is 5.10 Å². The highest BCUT2D eigenvalue weighted by Crippen LogP contribution is 2.32. The van der Waals surface area contributed by atoms with Crippen LogP contribution < -0.4 is 4.90 Å². The number of hydrogen-bond acceptors (Lipinski definition) is 5. The standard InChI is InChI=1S/C13H18BrN5O/c1-8(20)9-4-3-5-19(6-9)13-10-11(14)17-18(2)12(10)15-7-16-13/h7-9,20H,3-6H2,1-2H3. The van der Waals surface area contributed by atoms with Gasteiger partial charge < -0.3 is 10.0 Å². The molecule has 2 unspecified atom stereocenters. The summed E-state index contributed by atoms with van der Waals surface area (Å²) in [6.07, 6.45) is 3.43. The number of rotatable bonds is 2. The van der Waals surface area contributed by atoms with Crippen LogP contribution in [0.3, 0.4) is 0 Å². The molecule has 0 saturated carbocycles. The third-order valence-corrected chi connectivity index (χ3v) is 4.55.